The maximum atomic E-state index is 12.6. The highest BCUT2D eigenvalue weighted by molar-refractivity contribution is 5.99. The fourth-order valence-electron chi connectivity index (χ4n) is 2.78. The van der Waals surface area contributed by atoms with Gasteiger partial charge in [0.15, 0.2) is 5.76 Å². The first kappa shape index (κ1) is 18.0. The minimum absolute atomic E-state index is 0.202. The minimum Gasteiger partial charge on any atom is -0.489 e. The van der Waals surface area contributed by atoms with Crippen LogP contribution in [0.15, 0.2) is 59.0 Å². The third-order valence-corrected chi connectivity index (χ3v) is 4.10. The molecule has 26 heavy (non-hydrogen) atoms. The molecule has 0 aliphatic heterocycles. The summed E-state index contributed by atoms with van der Waals surface area (Å²) in [6.07, 6.45) is 0.884. The summed E-state index contributed by atoms with van der Waals surface area (Å²) < 4.78 is 11.7. The van der Waals surface area contributed by atoms with E-state index >= 15 is 0 Å². The molecule has 0 saturated carbocycles. The Morgan fingerprint density at radius 2 is 1.81 bits per heavy atom. The largest absolute Gasteiger partial charge is 0.489 e. The van der Waals surface area contributed by atoms with Gasteiger partial charge in [0, 0.05) is 17.5 Å². The maximum absolute atomic E-state index is 12.6. The van der Waals surface area contributed by atoms with Gasteiger partial charge in [0.05, 0.1) is 0 Å². The number of hydrogen-bond acceptors (Lipinski definition) is 4. The summed E-state index contributed by atoms with van der Waals surface area (Å²) in [6.45, 7) is 1.80. The SMILES string of the molecule is CN(C)CCCNC(=O)c1oc2ccccc2c1COc1ccccc1. The number of furan rings is 1. The average Bonchev–Trinajstić information content (AvgIpc) is 3.03. The molecule has 3 rings (SSSR count). The predicted molar refractivity (Wildman–Crippen MR) is 102 cm³/mol. The number of rotatable bonds is 8. The van der Waals surface area contributed by atoms with Crippen LogP contribution in [0, 0.1) is 0 Å². The highest BCUT2D eigenvalue weighted by Gasteiger charge is 2.20. The van der Waals surface area contributed by atoms with Crippen molar-refractivity contribution in [2.45, 2.75) is 13.0 Å². The Morgan fingerprint density at radius 3 is 2.58 bits per heavy atom. The molecule has 0 fully saturated rings. The summed E-state index contributed by atoms with van der Waals surface area (Å²) in [5.41, 5.74) is 1.46. The summed E-state index contributed by atoms with van der Waals surface area (Å²) in [7, 11) is 4.03. The zero-order valence-corrected chi connectivity index (χ0v) is 15.2. The van der Waals surface area contributed by atoms with Crippen molar-refractivity contribution < 1.29 is 13.9 Å². The summed E-state index contributed by atoms with van der Waals surface area (Å²) in [5, 5.41) is 3.84. The van der Waals surface area contributed by atoms with Gasteiger partial charge in [-0.05, 0) is 45.3 Å². The number of nitrogens with one attached hydrogen (secondary N) is 1. The molecule has 0 aliphatic carbocycles. The van der Waals surface area contributed by atoms with Crippen LogP contribution >= 0.6 is 0 Å². The van der Waals surface area contributed by atoms with Crippen LogP contribution in [0.1, 0.15) is 22.5 Å². The highest BCUT2D eigenvalue weighted by Crippen LogP contribution is 2.27. The van der Waals surface area contributed by atoms with Crippen LogP contribution in [0.3, 0.4) is 0 Å². The third-order valence-electron chi connectivity index (χ3n) is 4.10. The van der Waals surface area contributed by atoms with E-state index in [1.54, 1.807) is 0 Å². The van der Waals surface area contributed by atoms with Crippen LogP contribution in [-0.2, 0) is 6.61 Å². The van der Waals surface area contributed by atoms with Crippen molar-refractivity contribution in [3.8, 4) is 5.75 Å². The normalized spacial score (nSPS) is 11.0. The van der Waals surface area contributed by atoms with E-state index in [0.29, 0.717) is 17.9 Å². The molecule has 136 valence electrons. The number of ether oxygens (including phenoxy) is 1. The monoisotopic (exact) mass is 352 g/mol. The molecule has 3 aromatic rings. The van der Waals surface area contributed by atoms with Gasteiger partial charge >= 0.3 is 0 Å². The van der Waals surface area contributed by atoms with E-state index in [4.69, 9.17) is 9.15 Å². The molecule has 0 atom stereocenters. The van der Waals surface area contributed by atoms with Gasteiger partial charge < -0.3 is 19.4 Å². The summed E-state index contributed by atoms with van der Waals surface area (Å²) >= 11 is 0. The van der Waals surface area contributed by atoms with Gasteiger partial charge in [-0.1, -0.05) is 36.4 Å². The molecule has 5 heteroatoms. The Morgan fingerprint density at radius 1 is 1.08 bits per heavy atom. The summed E-state index contributed by atoms with van der Waals surface area (Å²) in [6, 6.07) is 17.2. The van der Waals surface area contributed by atoms with E-state index in [1.807, 2.05) is 68.7 Å². The van der Waals surface area contributed by atoms with Gasteiger partial charge in [0.1, 0.15) is 17.9 Å². The number of hydrogen-bond donors (Lipinski definition) is 1. The van der Waals surface area contributed by atoms with Gasteiger partial charge in [0.2, 0.25) is 0 Å². The van der Waals surface area contributed by atoms with Crippen LogP contribution < -0.4 is 10.1 Å². The number of fused-ring (bicyclic) bond motifs is 1. The van der Waals surface area contributed by atoms with Gasteiger partial charge in [-0.2, -0.15) is 0 Å². The van der Waals surface area contributed by atoms with Crippen LogP contribution in [0.25, 0.3) is 11.0 Å². The number of para-hydroxylation sites is 2. The van der Waals surface area contributed by atoms with Crippen LogP contribution in [0.4, 0.5) is 0 Å². The molecule has 0 spiro atoms. The standard InChI is InChI=1S/C21H24N2O3/c1-23(2)14-8-13-22-21(24)20-18(15-25-16-9-4-3-5-10-16)17-11-6-7-12-19(17)26-20/h3-7,9-12H,8,13-15H2,1-2H3,(H,22,24). The Bertz CT molecular complexity index is 856. The Balaban J connectivity index is 1.76. The fraction of sp³-hybridized carbons (Fsp3) is 0.286. The number of nitrogens with zero attached hydrogens (tertiary/aromatic N) is 1. The van der Waals surface area contributed by atoms with Gasteiger partial charge in [0.25, 0.3) is 5.91 Å². The van der Waals surface area contributed by atoms with E-state index in [2.05, 4.69) is 10.2 Å². The molecule has 1 aromatic heterocycles. The zero-order valence-electron chi connectivity index (χ0n) is 15.2. The van der Waals surface area contributed by atoms with Crippen molar-refractivity contribution >= 4 is 16.9 Å². The lowest BCUT2D eigenvalue weighted by molar-refractivity contribution is 0.0923. The Hall–Kier alpha value is -2.79. The van der Waals surface area contributed by atoms with Crippen LogP contribution in [-0.4, -0.2) is 38.0 Å². The summed E-state index contributed by atoms with van der Waals surface area (Å²) in [4.78, 5) is 14.7. The second-order valence-corrected chi connectivity index (χ2v) is 6.42. The second kappa shape index (κ2) is 8.54. The highest BCUT2D eigenvalue weighted by atomic mass is 16.5. The lowest BCUT2D eigenvalue weighted by Crippen LogP contribution is -2.27. The van der Waals surface area contributed by atoms with Gasteiger partial charge in [-0.15, -0.1) is 0 Å². The molecule has 0 aliphatic rings. The van der Waals surface area contributed by atoms with Gasteiger partial charge in [-0.3, -0.25) is 4.79 Å². The first-order valence-electron chi connectivity index (χ1n) is 8.76. The molecule has 0 radical (unpaired) electrons. The summed E-state index contributed by atoms with van der Waals surface area (Å²) in [5.74, 6) is 0.883. The topological polar surface area (TPSA) is 54.7 Å². The smallest absolute Gasteiger partial charge is 0.287 e. The van der Waals surface area contributed by atoms with Crippen molar-refractivity contribution in [3.05, 3.63) is 65.9 Å². The number of carbonyl (C=O) groups excluding carboxylic acids is 1. The molecule has 1 N–H and O–H groups in total. The quantitative estimate of drug-likeness (QED) is 0.628. The molecular formula is C21H24N2O3. The molecule has 5 nitrogen and oxygen atoms in total. The number of carbonyl (C=O) groups is 1. The Labute approximate surface area is 153 Å². The molecule has 2 aromatic carbocycles. The first-order chi connectivity index (χ1) is 12.6. The van der Waals surface area contributed by atoms with Crippen molar-refractivity contribution in [1.82, 2.24) is 10.2 Å². The first-order valence-corrected chi connectivity index (χ1v) is 8.76. The fourth-order valence-corrected chi connectivity index (χ4v) is 2.78. The molecular weight excluding hydrogens is 328 g/mol. The van der Waals surface area contributed by atoms with E-state index in [1.165, 1.54) is 0 Å². The zero-order chi connectivity index (χ0) is 18.4. The van der Waals surface area contributed by atoms with E-state index in [-0.39, 0.29) is 12.5 Å². The number of benzene rings is 2. The average molecular weight is 352 g/mol. The minimum atomic E-state index is -0.202. The molecule has 0 bridgehead atoms. The number of amides is 1. The lowest BCUT2D eigenvalue weighted by atomic mass is 10.1. The predicted octanol–water partition coefficient (Wildman–Crippen LogP) is 3.69. The van der Waals surface area contributed by atoms with Crippen molar-refractivity contribution in [3.63, 3.8) is 0 Å². The van der Waals surface area contributed by atoms with E-state index in [0.717, 1.165) is 29.7 Å². The van der Waals surface area contributed by atoms with E-state index in [9.17, 15) is 4.79 Å². The second-order valence-electron chi connectivity index (χ2n) is 6.42. The van der Waals surface area contributed by atoms with Crippen molar-refractivity contribution in [1.29, 1.82) is 0 Å². The van der Waals surface area contributed by atoms with Crippen LogP contribution in [0.5, 0.6) is 5.75 Å². The molecule has 1 heterocycles. The Kier molecular flexibility index (Phi) is 5.92. The molecule has 0 unspecified atom stereocenters. The van der Waals surface area contributed by atoms with E-state index < -0.39 is 0 Å². The van der Waals surface area contributed by atoms with Gasteiger partial charge in [-0.25, -0.2) is 0 Å². The lowest BCUT2D eigenvalue weighted by Gasteiger charge is -2.10. The maximum Gasteiger partial charge on any atom is 0.287 e. The molecule has 1 amide bonds. The third kappa shape index (κ3) is 4.43. The van der Waals surface area contributed by atoms with Crippen molar-refractivity contribution in [2.75, 3.05) is 27.2 Å². The molecule has 0 saturated heterocycles. The van der Waals surface area contributed by atoms with Crippen LogP contribution in [0.2, 0.25) is 0 Å². The van der Waals surface area contributed by atoms with Crippen molar-refractivity contribution in [2.24, 2.45) is 0 Å².